The minimum absolute atomic E-state index is 1.02. The topological polar surface area (TPSA) is 0 Å². The van der Waals surface area contributed by atoms with Crippen molar-refractivity contribution in [2.45, 2.75) is 110 Å². The van der Waals surface area contributed by atoms with E-state index in [0.29, 0.717) is 0 Å². The Morgan fingerprint density at radius 2 is 1.29 bits per heavy atom. The third-order valence-corrected chi connectivity index (χ3v) is 8.08. The first kappa shape index (κ1) is 18.5. The molecule has 2 fully saturated rings. The van der Waals surface area contributed by atoms with E-state index < -0.39 is 0 Å². The molecule has 0 radical (unpaired) electrons. The fourth-order valence-electron chi connectivity index (χ4n) is 6.01. The summed E-state index contributed by atoms with van der Waals surface area (Å²) in [7, 11) is 0. The molecule has 138 valence electrons. The molecule has 0 spiro atoms. The Labute approximate surface area is 151 Å². The lowest BCUT2D eigenvalue weighted by molar-refractivity contribution is 0.140. The third-order valence-electron chi connectivity index (χ3n) is 8.08. The standard InChI is InChI=1S/C24H42/c1-3-19-5-7-21(8-6-19)9-10-22-13-17-24(18-14-22)23-15-11-20(4-2)12-16-23/h5,20-24H,3-4,6-18H2,1-2H3. The molecule has 1 unspecified atom stereocenters. The zero-order valence-electron chi connectivity index (χ0n) is 16.6. The zero-order chi connectivity index (χ0) is 16.8. The van der Waals surface area contributed by atoms with Crippen LogP contribution in [-0.2, 0) is 0 Å². The molecule has 0 bridgehead atoms. The van der Waals surface area contributed by atoms with Crippen LogP contribution in [0.15, 0.2) is 11.6 Å². The molecule has 0 saturated heterocycles. The van der Waals surface area contributed by atoms with E-state index in [4.69, 9.17) is 0 Å². The highest BCUT2D eigenvalue weighted by molar-refractivity contribution is 5.05. The molecule has 0 amide bonds. The molecular weight excluding hydrogens is 288 g/mol. The summed E-state index contributed by atoms with van der Waals surface area (Å²) >= 11 is 0. The average molecular weight is 331 g/mol. The van der Waals surface area contributed by atoms with E-state index in [-0.39, 0.29) is 0 Å². The maximum atomic E-state index is 2.57. The van der Waals surface area contributed by atoms with Crippen molar-refractivity contribution in [1.29, 1.82) is 0 Å². The first-order valence-corrected chi connectivity index (χ1v) is 11.5. The first-order valence-electron chi connectivity index (χ1n) is 11.5. The summed E-state index contributed by atoms with van der Waals surface area (Å²) in [4.78, 5) is 0. The van der Waals surface area contributed by atoms with E-state index in [2.05, 4.69) is 19.9 Å². The number of hydrogen-bond acceptors (Lipinski definition) is 0. The Balaban J connectivity index is 1.32. The van der Waals surface area contributed by atoms with Crippen LogP contribution in [0.3, 0.4) is 0 Å². The minimum atomic E-state index is 1.02. The van der Waals surface area contributed by atoms with Gasteiger partial charge in [0.25, 0.3) is 0 Å². The molecule has 0 aromatic heterocycles. The molecule has 0 heteroatoms. The van der Waals surface area contributed by atoms with Crippen molar-refractivity contribution in [3.05, 3.63) is 11.6 Å². The molecule has 0 heterocycles. The van der Waals surface area contributed by atoms with E-state index in [9.17, 15) is 0 Å². The van der Waals surface area contributed by atoms with Crippen molar-refractivity contribution in [2.75, 3.05) is 0 Å². The zero-order valence-corrected chi connectivity index (χ0v) is 16.6. The van der Waals surface area contributed by atoms with Gasteiger partial charge in [-0.15, -0.1) is 0 Å². The lowest BCUT2D eigenvalue weighted by atomic mass is 9.68. The lowest BCUT2D eigenvalue weighted by Crippen LogP contribution is -2.26. The van der Waals surface area contributed by atoms with E-state index in [0.717, 1.165) is 29.6 Å². The fourth-order valence-corrected chi connectivity index (χ4v) is 6.01. The third kappa shape index (κ3) is 5.12. The number of rotatable bonds is 6. The van der Waals surface area contributed by atoms with Crippen LogP contribution in [0.25, 0.3) is 0 Å². The van der Waals surface area contributed by atoms with Gasteiger partial charge in [0, 0.05) is 0 Å². The van der Waals surface area contributed by atoms with Gasteiger partial charge in [-0.1, -0.05) is 64.0 Å². The Morgan fingerprint density at radius 1 is 0.708 bits per heavy atom. The summed E-state index contributed by atoms with van der Waals surface area (Å²) in [6.07, 6.45) is 25.0. The van der Waals surface area contributed by atoms with Crippen LogP contribution in [-0.4, -0.2) is 0 Å². The molecule has 0 N–H and O–H groups in total. The quantitative estimate of drug-likeness (QED) is 0.434. The predicted octanol–water partition coefficient (Wildman–Crippen LogP) is 7.93. The molecular formula is C24H42. The summed E-state index contributed by atoms with van der Waals surface area (Å²) in [5.74, 6) is 5.36. The van der Waals surface area contributed by atoms with Crippen LogP contribution in [0.1, 0.15) is 110 Å². The monoisotopic (exact) mass is 330 g/mol. The van der Waals surface area contributed by atoms with Gasteiger partial charge in [0.2, 0.25) is 0 Å². The van der Waals surface area contributed by atoms with Crippen LogP contribution in [0.2, 0.25) is 0 Å². The van der Waals surface area contributed by atoms with Gasteiger partial charge in [-0.05, 0) is 87.4 Å². The van der Waals surface area contributed by atoms with Gasteiger partial charge >= 0.3 is 0 Å². The smallest absolute Gasteiger partial charge is 0.0318 e. The van der Waals surface area contributed by atoms with Gasteiger partial charge in [0.15, 0.2) is 0 Å². The largest absolute Gasteiger partial charge is 0.0851 e. The van der Waals surface area contributed by atoms with Crippen LogP contribution >= 0.6 is 0 Å². The molecule has 3 aliphatic rings. The summed E-state index contributed by atoms with van der Waals surface area (Å²) < 4.78 is 0. The van der Waals surface area contributed by atoms with Gasteiger partial charge in [-0.25, -0.2) is 0 Å². The summed E-state index contributed by atoms with van der Waals surface area (Å²) in [5.41, 5.74) is 1.73. The molecule has 24 heavy (non-hydrogen) atoms. The second-order valence-electron chi connectivity index (χ2n) is 9.40. The summed E-state index contributed by atoms with van der Waals surface area (Å²) in [6, 6.07) is 0. The van der Waals surface area contributed by atoms with Crippen molar-refractivity contribution < 1.29 is 0 Å². The second-order valence-corrected chi connectivity index (χ2v) is 9.40. The van der Waals surface area contributed by atoms with E-state index in [1.54, 1.807) is 44.1 Å². The summed E-state index contributed by atoms with van der Waals surface area (Å²) in [6.45, 7) is 4.71. The summed E-state index contributed by atoms with van der Waals surface area (Å²) in [5, 5.41) is 0. The van der Waals surface area contributed by atoms with Crippen molar-refractivity contribution in [3.8, 4) is 0 Å². The maximum absolute atomic E-state index is 2.57. The first-order chi connectivity index (χ1) is 11.8. The maximum Gasteiger partial charge on any atom is -0.0318 e. The lowest BCUT2D eigenvalue weighted by Gasteiger charge is -2.38. The Kier molecular flexibility index (Phi) is 7.29. The van der Waals surface area contributed by atoms with Crippen molar-refractivity contribution >= 4 is 0 Å². The minimum Gasteiger partial charge on any atom is -0.0851 e. The molecule has 3 aliphatic carbocycles. The average Bonchev–Trinajstić information content (AvgIpc) is 2.67. The molecule has 0 aromatic rings. The Hall–Kier alpha value is -0.260. The SMILES string of the molecule is CCC1=CCC(CCC2CCC(C3CCC(CC)CC3)CC2)CC1. The Bertz CT molecular complexity index is 377. The van der Waals surface area contributed by atoms with Gasteiger partial charge in [0.05, 0.1) is 0 Å². The highest BCUT2D eigenvalue weighted by Gasteiger charge is 2.30. The van der Waals surface area contributed by atoms with Crippen LogP contribution in [0.5, 0.6) is 0 Å². The van der Waals surface area contributed by atoms with Crippen molar-refractivity contribution in [3.63, 3.8) is 0 Å². The molecule has 0 nitrogen and oxygen atoms in total. The molecule has 1 atom stereocenters. The molecule has 3 rings (SSSR count). The van der Waals surface area contributed by atoms with Gasteiger partial charge in [-0.3, -0.25) is 0 Å². The van der Waals surface area contributed by atoms with E-state index in [1.807, 2.05) is 0 Å². The highest BCUT2D eigenvalue weighted by Crippen LogP contribution is 2.43. The predicted molar refractivity (Wildman–Crippen MR) is 106 cm³/mol. The number of hydrogen-bond donors (Lipinski definition) is 0. The molecule has 2 saturated carbocycles. The second kappa shape index (κ2) is 9.44. The van der Waals surface area contributed by atoms with Crippen LogP contribution < -0.4 is 0 Å². The molecule has 0 aromatic carbocycles. The van der Waals surface area contributed by atoms with E-state index in [1.165, 1.54) is 57.8 Å². The number of allylic oxidation sites excluding steroid dienone is 2. The van der Waals surface area contributed by atoms with Crippen LogP contribution in [0.4, 0.5) is 0 Å². The Morgan fingerprint density at radius 3 is 1.79 bits per heavy atom. The van der Waals surface area contributed by atoms with Gasteiger partial charge < -0.3 is 0 Å². The van der Waals surface area contributed by atoms with Crippen molar-refractivity contribution in [2.24, 2.45) is 29.6 Å². The van der Waals surface area contributed by atoms with Gasteiger partial charge in [0.1, 0.15) is 0 Å². The van der Waals surface area contributed by atoms with Crippen molar-refractivity contribution in [1.82, 2.24) is 0 Å². The normalized spacial score (nSPS) is 37.9. The van der Waals surface area contributed by atoms with E-state index >= 15 is 0 Å². The van der Waals surface area contributed by atoms with Crippen LogP contribution in [0, 0.1) is 29.6 Å². The van der Waals surface area contributed by atoms with Gasteiger partial charge in [-0.2, -0.15) is 0 Å². The molecule has 0 aliphatic heterocycles. The highest BCUT2D eigenvalue weighted by atomic mass is 14.4. The fraction of sp³-hybridized carbons (Fsp3) is 0.917.